The van der Waals surface area contributed by atoms with Crippen LogP contribution in [0.3, 0.4) is 0 Å². The molecule has 0 aliphatic rings. The highest BCUT2D eigenvalue weighted by atomic mass is 35.5. The Morgan fingerprint density at radius 1 is 1.40 bits per heavy atom. The molecule has 0 saturated heterocycles. The number of aromatic nitrogens is 2. The molecule has 0 radical (unpaired) electrons. The molecule has 1 unspecified atom stereocenters. The van der Waals surface area contributed by atoms with Crippen molar-refractivity contribution in [2.45, 2.75) is 18.9 Å². The Hall–Kier alpha value is -0.680. The minimum Gasteiger partial charge on any atom is -0.357 e. The van der Waals surface area contributed by atoms with Gasteiger partial charge < -0.3 is 4.90 Å². The largest absolute Gasteiger partial charge is 0.357 e. The van der Waals surface area contributed by atoms with E-state index in [1.807, 2.05) is 18.7 Å². The van der Waals surface area contributed by atoms with E-state index in [-0.39, 0.29) is 5.28 Å². The van der Waals surface area contributed by atoms with E-state index in [1.165, 1.54) is 0 Å². The first kappa shape index (κ1) is 12.4. The maximum atomic E-state index is 11.3. The van der Waals surface area contributed by atoms with Crippen LogP contribution in [0.1, 0.15) is 13.8 Å². The summed E-state index contributed by atoms with van der Waals surface area (Å²) in [5, 5.41) is 0.613. The Bertz CT molecular complexity index is 368. The summed E-state index contributed by atoms with van der Waals surface area (Å²) < 4.78 is 11.3. The molecule has 15 heavy (non-hydrogen) atoms. The van der Waals surface area contributed by atoms with E-state index in [1.54, 1.807) is 12.3 Å². The molecule has 0 fully saturated rings. The van der Waals surface area contributed by atoms with Gasteiger partial charge >= 0.3 is 0 Å². The van der Waals surface area contributed by atoms with Gasteiger partial charge in [0.15, 0.2) is 0 Å². The maximum absolute atomic E-state index is 11.3. The van der Waals surface area contributed by atoms with Crippen LogP contribution in [-0.4, -0.2) is 33.5 Å². The predicted octanol–water partition coefficient (Wildman–Crippen LogP) is 1.71. The molecule has 0 saturated carbocycles. The lowest BCUT2D eigenvalue weighted by Gasteiger charge is -2.19. The maximum Gasteiger partial charge on any atom is 0.225 e. The Morgan fingerprint density at radius 3 is 2.47 bits per heavy atom. The molecule has 1 atom stereocenters. The lowest BCUT2D eigenvalue weighted by atomic mass is 10.4. The molecule has 0 bridgehead atoms. The zero-order chi connectivity index (χ0) is 11.4. The molecular weight excluding hydrogens is 234 g/mol. The number of nitrogens with zero attached hydrogens (tertiary/aromatic N) is 3. The van der Waals surface area contributed by atoms with E-state index < -0.39 is 10.8 Å². The topological polar surface area (TPSA) is 46.1 Å². The fraction of sp³-hybridized carbons (Fsp3) is 0.556. The highest BCUT2D eigenvalue weighted by molar-refractivity contribution is 7.84. The second kappa shape index (κ2) is 5.42. The van der Waals surface area contributed by atoms with Gasteiger partial charge in [0.2, 0.25) is 5.28 Å². The van der Waals surface area contributed by atoms with E-state index in [0.717, 1.165) is 18.9 Å². The number of anilines is 1. The summed E-state index contributed by atoms with van der Waals surface area (Å²) in [6.45, 7) is 5.73. The second-order valence-electron chi connectivity index (χ2n) is 2.96. The van der Waals surface area contributed by atoms with E-state index in [9.17, 15) is 4.21 Å². The molecule has 6 heteroatoms. The number of hydrogen-bond donors (Lipinski definition) is 0. The molecule has 0 amide bonds. The molecular formula is C9H14ClN3OS. The molecule has 0 N–H and O–H groups in total. The van der Waals surface area contributed by atoms with E-state index >= 15 is 0 Å². The Balaban J connectivity index is 3.13. The summed E-state index contributed by atoms with van der Waals surface area (Å²) in [6.07, 6.45) is 1.57. The van der Waals surface area contributed by atoms with Gasteiger partial charge in [0.25, 0.3) is 0 Å². The van der Waals surface area contributed by atoms with Crippen molar-refractivity contribution in [3.63, 3.8) is 0 Å². The SMILES string of the molecule is CCN(CC)c1cc(S(C)=O)nc(Cl)n1. The van der Waals surface area contributed by atoms with Crippen molar-refractivity contribution >= 4 is 28.2 Å². The minimum atomic E-state index is -1.13. The van der Waals surface area contributed by atoms with Crippen LogP contribution >= 0.6 is 11.6 Å². The first-order valence-electron chi connectivity index (χ1n) is 4.71. The van der Waals surface area contributed by atoms with Gasteiger partial charge in [-0.25, -0.2) is 9.97 Å². The Kier molecular flexibility index (Phi) is 4.47. The lowest BCUT2D eigenvalue weighted by molar-refractivity contribution is 0.683. The van der Waals surface area contributed by atoms with Crippen LogP contribution in [-0.2, 0) is 10.8 Å². The molecule has 1 heterocycles. The minimum absolute atomic E-state index is 0.143. The highest BCUT2D eigenvalue weighted by Crippen LogP contribution is 2.16. The van der Waals surface area contributed by atoms with E-state index in [2.05, 4.69) is 9.97 Å². The van der Waals surface area contributed by atoms with Crippen LogP contribution in [0.15, 0.2) is 11.1 Å². The monoisotopic (exact) mass is 247 g/mol. The van der Waals surface area contributed by atoms with Crippen LogP contribution in [0.4, 0.5) is 5.82 Å². The average Bonchev–Trinajstić information content (AvgIpc) is 2.18. The standard InChI is InChI=1S/C9H14ClN3OS/c1-4-13(5-2)7-6-8(15(3)14)12-9(10)11-7/h6H,4-5H2,1-3H3. The molecule has 1 aromatic rings. The van der Waals surface area contributed by atoms with Gasteiger partial charge in [-0.15, -0.1) is 0 Å². The van der Waals surface area contributed by atoms with Crippen molar-refractivity contribution in [2.75, 3.05) is 24.2 Å². The van der Waals surface area contributed by atoms with Crippen molar-refractivity contribution in [1.82, 2.24) is 9.97 Å². The summed E-state index contributed by atoms with van der Waals surface area (Å²) in [6, 6.07) is 1.72. The molecule has 0 aliphatic heterocycles. The predicted molar refractivity (Wildman–Crippen MR) is 62.9 cm³/mol. The molecule has 0 aliphatic carbocycles. The van der Waals surface area contributed by atoms with Gasteiger partial charge in [0.1, 0.15) is 10.8 Å². The van der Waals surface area contributed by atoms with Crippen molar-refractivity contribution in [2.24, 2.45) is 0 Å². The van der Waals surface area contributed by atoms with Crippen LogP contribution in [0.2, 0.25) is 5.28 Å². The first-order valence-corrected chi connectivity index (χ1v) is 6.65. The van der Waals surface area contributed by atoms with E-state index in [0.29, 0.717) is 5.03 Å². The molecule has 84 valence electrons. The first-order chi connectivity index (χ1) is 7.08. The number of halogens is 1. The summed E-state index contributed by atoms with van der Waals surface area (Å²) in [4.78, 5) is 10.0. The Morgan fingerprint density at radius 2 is 2.00 bits per heavy atom. The van der Waals surface area contributed by atoms with Crippen LogP contribution < -0.4 is 4.90 Å². The van der Waals surface area contributed by atoms with Crippen molar-refractivity contribution in [3.05, 3.63) is 11.3 Å². The summed E-state index contributed by atoms with van der Waals surface area (Å²) >= 11 is 5.77. The number of hydrogen-bond acceptors (Lipinski definition) is 4. The third kappa shape index (κ3) is 3.14. The molecule has 4 nitrogen and oxygen atoms in total. The summed E-state index contributed by atoms with van der Waals surface area (Å²) in [5.41, 5.74) is 0. The smallest absolute Gasteiger partial charge is 0.225 e. The quantitative estimate of drug-likeness (QED) is 0.600. The lowest BCUT2D eigenvalue weighted by Crippen LogP contribution is -2.23. The van der Waals surface area contributed by atoms with Gasteiger partial charge in [0.05, 0.1) is 10.8 Å². The highest BCUT2D eigenvalue weighted by Gasteiger charge is 2.09. The van der Waals surface area contributed by atoms with Crippen molar-refractivity contribution in [3.8, 4) is 0 Å². The fourth-order valence-electron chi connectivity index (χ4n) is 1.24. The normalized spacial score (nSPS) is 12.5. The zero-order valence-electron chi connectivity index (χ0n) is 9.03. The Labute approximate surface area is 97.1 Å². The van der Waals surface area contributed by atoms with Crippen LogP contribution in [0.25, 0.3) is 0 Å². The van der Waals surface area contributed by atoms with Gasteiger partial charge in [-0.3, -0.25) is 4.21 Å². The summed E-state index contributed by atoms with van der Waals surface area (Å²) in [7, 11) is -1.13. The fourth-order valence-corrected chi connectivity index (χ4v) is 1.96. The van der Waals surface area contributed by atoms with Gasteiger partial charge in [-0.1, -0.05) is 0 Å². The van der Waals surface area contributed by atoms with Crippen molar-refractivity contribution in [1.29, 1.82) is 0 Å². The van der Waals surface area contributed by atoms with Crippen LogP contribution in [0, 0.1) is 0 Å². The molecule has 1 rings (SSSR count). The summed E-state index contributed by atoms with van der Waals surface area (Å²) in [5.74, 6) is 0.727. The molecule has 0 spiro atoms. The average molecular weight is 248 g/mol. The van der Waals surface area contributed by atoms with Gasteiger partial charge in [-0.05, 0) is 25.4 Å². The third-order valence-electron chi connectivity index (χ3n) is 2.04. The molecule has 1 aromatic heterocycles. The number of rotatable bonds is 4. The molecule has 0 aromatic carbocycles. The van der Waals surface area contributed by atoms with Gasteiger partial charge in [0, 0.05) is 25.4 Å². The third-order valence-corrected chi connectivity index (χ3v) is 3.01. The second-order valence-corrected chi connectivity index (χ2v) is 4.62. The van der Waals surface area contributed by atoms with Crippen LogP contribution in [0.5, 0.6) is 0 Å². The zero-order valence-corrected chi connectivity index (χ0v) is 10.6. The van der Waals surface area contributed by atoms with E-state index in [4.69, 9.17) is 11.6 Å². The van der Waals surface area contributed by atoms with Gasteiger partial charge in [-0.2, -0.15) is 0 Å². The van der Waals surface area contributed by atoms with Crippen molar-refractivity contribution < 1.29 is 4.21 Å².